The minimum Gasteiger partial charge on any atom is -0.484 e. The first kappa shape index (κ1) is 19.4. The highest BCUT2D eigenvalue weighted by Crippen LogP contribution is 2.21. The summed E-state index contributed by atoms with van der Waals surface area (Å²) in [5.41, 5.74) is 1.40. The second-order valence-electron chi connectivity index (χ2n) is 7.24. The van der Waals surface area contributed by atoms with Gasteiger partial charge in [0, 0.05) is 25.2 Å². The van der Waals surface area contributed by atoms with Crippen LogP contribution < -0.4 is 0 Å². The number of ketones is 1. The lowest BCUT2D eigenvalue weighted by Crippen LogP contribution is -2.23. The minimum atomic E-state index is -0.503. The molecule has 2 aromatic rings. The van der Waals surface area contributed by atoms with Gasteiger partial charge in [-0.3, -0.25) is 9.59 Å². The molecular weight excluding hydrogens is 326 g/mol. The van der Waals surface area contributed by atoms with Crippen LogP contribution in [0.1, 0.15) is 47.1 Å². The molecule has 0 aromatic heterocycles. The van der Waals surface area contributed by atoms with Crippen molar-refractivity contribution in [1.29, 1.82) is 0 Å². The van der Waals surface area contributed by atoms with Gasteiger partial charge in [-0.1, -0.05) is 42.5 Å². The van der Waals surface area contributed by atoms with E-state index in [-0.39, 0.29) is 17.4 Å². The van der Waals surface area contributed by atoms with Gasteiger partial charge in [0.25, 0.3) is 5.91 Å². The Balaban J connectivity index is 2.34. The van der Waals surface area contributed by atoms with Gasteiger partial charge in [-0.15, -0.1) is 0 Å². The van der Waals surface area contributed by atoms with Crippen molar-refractivity contribution in [2.24, 2.45) is 0 Å². The van der Waals surface area contributed by atoms with E-state index >= 15 is 0 Å². The summed E-state index contributed by atoms with van der Waals surface area (Å²) in [5.74, 6) is -0.0435. The maximum absolute atomic E-state index is 13.0. The van der Waals surface area contributed by atoms with Crippen LogP contribution in [0, 0.1) is 0 Å². The van der Waals surface area contributed by atoms with Gasteiger partial charge in [-0.25, -0.2) is 0 Å². The second kappa shape index (κ2) is 8.00. The summed E-state index contributed by atoms with van der Waals surface area (Å²) in [5, 5.41) is 0. The van der Waals surface area contributed by atoms with Crippen LogP contribution in [-0.2, 0) is 4.74 Å². The van der Waals surface area contributed by atoms with Crippen molar-refractivity contribution in [2.75, 3.05) is 14.1 Å². The van der Waals surface area contributed by atoms with Crippen LogP contribution in [0.5, 0.6) is 0 Å². The molecule has 0 atom stereocenters. The molecule has 0 fully saturated rings. The Hall–Kier alpha value is -2.88. The van der Waals surface area contributed by atoms with Crippen LogP contribution in [0.15, 0.2) is 60.4 Å². The summed E-state index contributed by atoms with van der Waals surface area (Å²) in [6, 6.07) is 16.2. The van der Waals surface area contributed by atoms with Crippen LogP contribution in [0.2, 0.25) is 0 Å². The monoisotopic (exact) mass is 351 g/mol. The molecule has 0 spiro atoms. The zero-order valence-corrected chi connectivity index (χ0v) is 15.9. The van der Waals surface area contributed by atoms with Gasteiger partial charge < -0.3 is 9.64 Å². The molecule has 0 saturated carbocycles. The van der Waals surface area contributed by atoms with Gasteiger partial charge in [0.2, 0.25) is 5.78 Å². The number of rotatable bonds is 5. The predicted molar refractivity (Wildman–Crippen MR) is 104 cm³/mol. The molecule has 0 saturated heterocycles. The van der Waals surface area contributed by atoms with E-state index in [9.17, 15) is 9.59 Å². The quantitative estimate of drug-likeness (QED) is 0.455. The molecule has 0 N–H and O–H groups in total. The highest BCUT2D eigenvalue weighted by atomic mass is 16.5. The van der Waals surface area contributed by atoms with Crippen LogP contribution in [0.25, 0.3) is 6.08 Å². The molecule has 0 aliphatic carbocycles. The lowest BCUT2D eigenvalue weighted by Gasteiger charge is -2.23. The largest absolute Gasteiger partial charge is 0.484 e. The van der Waals surface area contributed by atoms with Crippen LogP contribution in [0.3, 0.4) is 0 Å². The number of hydrogen-bond acceptors (Lipinski definition) is 3. The van der Waals surface area contributed by atoms with Crippen molar-refractivity contribution in [2.45, 2.75) is 26.4 Å². The molecule has 0 unspecified atom stereocenters. The Morgan fingerprint density at radius 3 is 1.92 bits per heavy atom. The van der Waals surface area contributed by atoms with E-state index in [0.29, 0.717) is 11.1 Å². The maximum Gasteiger partial charge on any atom is 0.253 e. The number of amides is 1. The zero-order chi connectivity index (χ0) is 19.3. The number of benzene rings is 2. The third kappa shape index (κ3) is 5.31. The average molecular weight is 351 g/mol. The Labute approximate surface area is 155 Å². The molecular formula is C22H25NO3. The third-order valence-electron chi connectivity index (χ3n) is 3.54. The first-order chi connectivity index (χ1) is 12.2. The lowest BCUT2D eigenvalue weighted by molar-refractivity contribution is 0.0449. The number of hydrogen-bond donors (Lipinski definition) is 0. The number of nitrogens with zero attached hydrogens (tertiary/aromatic N) is 1. The van der Waals surface area contributed by atoms with Gasteiger partial charge >= 0.3 is 0 Å². The van der Waals surface area contributed by atoms with Gasteiger partial charge in [-0.2, -0.15) is 0 Å². The Morgan fingerprint density at radius 2 is 1.42 bits per heavy atom. The molecule has 4 heteroatoms. The predicted octanol–water partition coefficient (Wildman–Crippen LogP) is 4.43. The SMILES string of the molecule is CN(C)C(=O)c1ccc(C(=O)C(=Cc2ccccc2)OC(C)(C)C)cc1. The Morgan fingerprint density at radius 1 is 0.885 bits per heavy atom. The molecule has 26 heavy (non-hydrogen) atoms. The first-order valence-corrected chi connectivity index (χ1v) is 8.49. The first-order valence-electron chi connectivity index (χ1n) is 8.49. The standard InChI is InChI=1S/C22H25NO3/c1-22(2,3)26-19(15-16-9-7-6-8-10-16)20(24)17-11-13-18(14-12-17)21(25)23(4)5/h6-15H,1-5H3. The van der Waals surface area contributed by atoms with Crippen molar-refractivity contribution in [3.8, 4) is 0 Å². The molecule has 0 bridgehead atoms. The van der Waals surface area contributed by atoms with Crippen molar-refractivity contribution >= 4 is 17.8 Å². The summed E-state index contributed by atoms with van der Waals surface area (Å²) in [6.07, 6.45) is 1.74. The van der Waals surface area contributed by atoms with E-state index in [2.05, 4.69) is 0 Å². The number of allylic oxidation sites excluding steroid dienone is 1. The van der Waals surface area contributed by atoms with E-state index in [4.69, 9.17) is 4.74 Å². The van der Waals surface area contributed by atoms with Gasteiger partial charge in [0.1, 0.15) is 5.60 Å². The topological polar surface area (TPSA) is 46.6 Å². The molecule has 136 valence electrons. The lowest BCUT2D eigenvalue weighted by atomic mass is 10.0. The summed E-state index contributed by atoms with van der Waals surface area (Å²) < 4.78 is 5.91. The average Bonchev–Trinajstić information content (AvgIpc) is 2.59. The van der Waals surface area contributed by atoms with Crippen molar-refractivity contribution in [3.05, 3.63) is 77.0 Å². The second-order valence-corrected chi connectivity index (χ2v) is 7.24. The Kier molecular flexibility index (Phi) is 5.98. The van der Waals surface area contributed by atoms with E-state index in [1.807, 2.05) is 51.1 Å². The van der Waals surface area contributed by atoms with Gasteiger partial charge in [-0.05, 0) is 44.5 Å². The van der Waals surface area contributed by atoms with Gasteiger partial charge in [0.05, 0.1) is 0 Å². The van der Waals surface area contributed by atoms with Crippen LogP contribution >= 0.6 is 0 Å². The summed E-state index contributed by atoms with van der Waals surface area (Å²) in [4.78, 5) is 26.4. The normalized spacial score (nSPS) is 11.8. The smallest absolute Gasteiger partial charge is 0.253 e. The van der Waals surface area contributed by atoms with E-state index in [1.165, 1.54) is 4.90 Å². The van der Waals surface area contributed by atoms with Crippen molar-refractivity contribution < 1.29 is 14.3 Å². The summed E-state index contributed by atoms with van der Waals surface area (Å²) in [6.45, 7) is 5.70. The highest BCUT2D eigenvalue weighted by molar-refractivity contribution is 6.10. The number of carbonyl (C=O) groups excluding carboxylic acids is 2. The third-order valence-corrected chi connectivity index (χ3v) is 3.54. The summed E-state index contributed by atoms with van der Waals surface area (Å²) in [7, 11) is 3.39. The molecule has 4 nitrogen and oxygen atoms in total. The highest BCUT2D eigenvalue weighted by Gasteiger charge is 2.21. The van der Waals surface area contributed by atoms with E-state index in [0.717, 1.165) is 5.56 Å². The number of carbonyl (C=O) groups is 2. The van der Waals surface area contributed by atoms with Gasteiger partial charge in [0.15, 0.2) is 5.76 Å². The summed E-state index contributed by atoms with van der Waals surface area (Å²) >= 11 is 0. The number of ether oxygens (including phenoxy) is 1. The fraction of sp³-hybridized carbons (Fsp3) is 0.273. The number of Topliss-reactive ketones (excluding diaryl/α,β-unsaturated/α-hetero) is 1. The Bertz CT molecular complexity index is 798. The molecule has 2 rings (SSSR count). The zero-order valence-electron chi connectivity index (χ0n) is 15.9. The fourth-order valence-electron chi connectivity index (χ4n) is 2.34. The molecule has 0 aliphatic heterocycles. The fourth-order valence-corrected chi connectivity index (χ4v) is 2.34. The molecule has 1 amide bonds. The van der Waals surface area contributed by atoms with Crippen molar-refractivity contribution in [1.82, 2.24) is 4.90 Å². The maximum atomic E-state index is 13.0. The molecule has 2 aromatic carbocycles. The molecule has 0 aliphatic rings. The van der Waals surface area contributed by atoms with Crippen molar-refractivity contribution in [3.63, 3.8) is 0 Å². The minimum absolute atomic E-state index is 0.102. The molecule has 0 radical (unpaired) electrons. The van der Waals surface area contributed by atoms with E-state index in [1.54, 1.807) is 44.4 Å². The molecule has 0 heterocycles. The van der Waals surface area contributed by atoms with Crippen LogP contribution in [0.4, 0.5) is 0 Å². The van der Waals surface area contributed by atoms with Crippen LogP contribution in [-0.4, -0.2) is 36.3 Å². The van der Waals surface area contributed by atoms with E-state index < -0.39 is 5.60 Å².